The van der Waals surface area contributed by atoms with Crippen LogP contribution in [0.15, 0.2) is 15.9 Å². The fraction of sp³-hybridized carbons (Fsp3) is 0.455. The fourth-order valence-corrected chi connectivity index (χ4v) is 2.67. The quantitative estimate of drug-likeness (QED) is 0.783. The molecule has 0 aliphatic rings. The lowest BCUT2D eigenvalue weighted by Crippen LogP contribution is -2.32. The van der Waals surface area contributed by atoms with E-state index < -0.39 is 0 Å². The van der Waals surface area contributed by atoms with Gasteiger partial charge in [0.15, 0.2) is 0 Å². The zero-order valence-electron chi connectivity index (χ0n) is 9.73. The third-order valence-electron chi connectivity index (χ3n) is 2.27. The van der Waals surface area contributed by atoms with Crippen LogP contribution in [0, 0.1) is 0 Å². The van der Waals surface area contributed by atoms with Crippen LogP contribution in [0.25, 0.3) is 0 Å². The summed E-state index contributed by atoms with van der Waals surface area (Å²) < 4.78 is 5.47. The van der Waals surface area contributed by atoms with Gasteiger partial charge in [-0.3, -0.25) is 9.59 Å². The highest BCUT2D eigenvalue weighted by atomic mass is 79.9. The number of ether oxygens (including phenoxy) is 1. The molecule has 0 saturated heterocycles. The minimum atomic E-state index is -0.302. The first-order valence-electron chi connectivity index (χ1n) is 5.20. The van der Waals surface area contributed by atoms with Gasteiger partial charge in [-0.2, -0.15) is 0 Å². The number of esters is 1. The SMILES string of the molecule is CCN(CCC(=O)OC)C(=O)c1ccc(Br)s1. The van der Waals surface area contributed by atoms with Crippen LogP contribution in [-0.2, 0) is 9.53 Å². The van der Waals surface area contributed by atoms with Gasteiger partial charge in [0.1, 0.15) is 0 Å². The summed E-state index contributed by atoms with van der Waals surface area (Å²) in [5.41, 5.74) is 0. The second kappa shape index (κ2) is 6.76. The Bertz CT molecular complexity index is 405. The van der Waals surface area contributed by atoms with E-state index in [1.165, 1.54) is 18.4 Å². The van der Waals surface area contributed by atoms with E-state index in [1.807, 2.05) is 13.0 Å². The molecule has 1 aromatic heterocycles. The summed E-state index contributed by atoms with van der Waals surface area (Å²) in [5, 5.41) is 0. The first-order chi connectivity index (χ1) is 8.08. The molecule has 0 aliphatic carbocycles. The maximum atomic E-state index is 12.1. The van der Waals surface area contributed by atoms with Crippen molar-refractivity contribution in [2.45, 2.75) is 13.3 Å². The van der Waals surface area contributed by atoms with E-state index in [0.29, 0.717) is 18.0 Å². The molecule has 1 rings (SSSR count). The minimum Gasteiger partial charge on any atom is -0.469 e. The van der Waals surface area contributed by atoms with Crippen LogP contribution < -0.4 is 0 Å². The Hall–Kier alpha value is -0.880. The highest BCUT2D eigenvalue weighted by molar-refractivity contribution is 9.11. The number of carbonyl (C=O) groups excluding carboxylic acids is 2. The van der Waals surface area contributed by atoms with Crippen molar-refractivity contribution in [1.82, 2.24) is 4.90 Å². The number of halogens is 1. The summed E-state index contributed by atoms with van der Waals surface area (Å²) in [6.07, 6.45) is 0.225. The zero-order chi connectivity index (χ0) is 12.8. The Labute approximate surface area is 113 Å². The molecule has 0 aromatic carbocycles. The minimum absolute atomic E-state index is 0.0490. The van der Waals surface area contributed by atoms with Gasteiger partial charge in [-0.25, -0.2) is 0 Å². The van der Waals surface area contributed by atoms with Crippen molar-refractivity contribution >= 4 is 39.1 Å². The Morgan fingerprint density at radius 1 is 1.47 bits per heavy atom. The molecule has 0 N–H and O–H groups in total. The standard InChI is InChI=1S/C11H14BrNO3S/c1-3-13(7-6-10(14)16-2)11(15)8-4-5-9(12)17-8/h4-5H,3,6-7H2,1-2H3. The number of hydrogen-bond acceptors (Lipinski definition) is 4. The lowest BCUT2D eigenvalue weighted by molar-refractivity contribution is -0.140. The smallest absolute Gasteiger partial charge is 0.307 e. The van der Waals surface area contributed by atoms with Gasteiger partial charge < -0.3 is 9.64 Å². The highest BCUT2D eigenvalue weighted by Crippen LogP contribution is 2.23. The van der Waals surface area contributed by atoms with Crippen LogP contribution >= 0.6 is 27.3 Å². The van der Waals surface area contributed by atoms with Crippen molar-refractivity contribution in [3.05, 3.63) is 20.8 Å². The van der Waals surface area contributed by atoms with E-state index >= 15 is 0 Å². The second-order valence-electron chi connectivity index (χ2n) is 3.31. The van der Waals surface area contributed by atoms with Gasteiger partial charge in [-0.05, 0) is 35.0 Å². The predicted octanol–water partition coefficient (Wildman–Crippen LogP) is 2.54. The maximum Gasteiger partial charge on any atom is 0.307 e. The molecule has 0 spiro atoms. The van der Waals surface area contributed by atoms with Crippen molar-refractivity contribution in [3.8, 4) is 0 Å². The Kier molecular flexibility index (Phi) is 5.64. The molecule has 0 bridgehead atoms. The molecule has 0 radical (unpaired) electrons. The van der Waals surface area contributed by atoms with Gasteiger partial charge in [-0.15, -0.1) is 11.3 Å². The Morgan fingerprint density at radius 3 is 2.65 bits per heavy atom. The Morgan fingerprint density at radius 2 is 2.18 bits per heavy atom. The largest absolute Gasteiger partial charge is 0.469 e. The van der Waals surface area contributed by atoms with Crippen molar-refractivity contribution < 1.29 is 14.3 Å². The number of thiophene rings is 1. The summed E-state index contributed by atoms with van der Waals surface area (Å²) in [6, 6.07) is 3.62. The van der Waals surface area contributed by atoms with E-state index in [4.69, 9.17) is 0 Å². The molecule has 4 nitrogen and oxygen atoms in total. The molecule has 1 aromatic rings. The Balaban J connectivity index is 2.61. The lowest BCUT2D eigenvalue weighted by Gasteiger charge is -2.19. The van der Waals surface area contributed by atoms with Crippen LogP contribution in [0.2, 0.25) is 0 Å². The normalized spacial score (nSPS) is 10.1. The summed E-state index contributed by atoms with van der Waals surface area (Å²) in [7, 11) is 1.34. The summed E-state index contributed by atoms with van der Waals surface area (Å²) in [6.45, 7) is 2.85. The third-order valence-corrected chi connectivity index (χ3v) is 3.88. The monoisotopic (exact) mass is 319 g/mol. The summed E-state index contributed by atoms with van der Waals surface area (Å²) >= 11 is 4.71. The average molecular weight is 320 g/mol. The fourth-order valence-electron chi connectivity index (χ4n) is 1.32. The van der Waals surface area contributed by atoms with Gasteiger partial charge in [0.2, 0.25) is 0 Å². The third kappa shape index (κ3) is 4.12. The first-order valence-corrected chi connectivity index (χ1v) is 6.80. The molecule has 17 heavy (non-hydrogen) atoms. The average Bonchev–Trinajstić information content (AvgIpc) is 2.76. The molecular weight excluding hydrogens is 306 g/mol. The van der Waals surface area contributed by atoms with E-state index in [-0.39, 0.29) is 18.3 Å². The van der Waals surface area contributed by atoms with Gasteiger partial charge >= 0.3 is 5.97 Å². The van der Waals surface area contributed by atoms with Gasteiger partial charge in [0.25, 0.3) is 5.91 Å². The molecular formula is C11H14BrNO3S. The number of rotatable bonds is 5. The topological polar surface area (TPSA) is 46.6 Å². The van der Waals surface area contributed by atoms with Crippen molar-refractivity contribution in [1.29, 1.82) is 0 Å². The van der Waals surface area contributed by atoms with E-state index in [2.05, 4.69) is 20.7 Å². The zero-order valence-corrected chi connectivity index (χ0v) is 12.1. The van der Waals surface area contributed by atoms with Crippen molar-refractivity contribution in [2.24, 2.45) is 0 Å². The molecule has 94 valence electrons. The lowest BCUT2D eigenvalue weighted by atomic mass is 10.3. The van der Waals surface area contributed by atoms with Gasteiger partial charge in [0.05, 0.1) is 22.2 Å². The highest BCUT2D eigenvalue weighted by Gasteiger charge is 2.17. The van der Waals surface area contributed by atoms with Crippen LogP contribution in [-0.4, -0.2) is 37.0 Å². The molecule has 0 atom stereocenters. The van der Waals surface area contributed by atoms with E-state index in [1.54, 1.807) is 11.0 Å². The number of carbonyl (C=O) groups is 2. The molecule has 0 fully saturated rings. The molecule has 1 amide bonds. The van der Waals surface area contributed by atoms with Crippen molar-refractivity contribution in [2.75, 3.05) is 20.2 Å². The molecule has 6 heteroatoms. The van der Waals surface area contributed by atoms with Gasteiger partial charge in [-0.1, -0.05) is 0 Å². The number of methoxy groups -OCH3 is 1. The first kappa shape index (κ1) is 14.2. The molecule has 0 unspecified atom stereocenters. The maximum absolute atomic E-state index is 12.1. The summed E-state index contributed by atoms with van der Waals surface area (Å²) in [5.74, 6) is -0.351. The summed E-state index contributed by atoms with van der Waals surface area (Å²) in [4.78, 5) is 25.4. The van der Waals surface area contributed by atoms with Crippen LogP contribution in [0.3, 0.4) is 0 Å². The van der Waals surface area contributed by atoms with Crippen molar-refractivity contribution in [3.63, 3.8) is 0 Å². The van der Waals surface area contributed by atoms with E-state index in [9.17, 15) is 9.59 Å². The second-order valence-corrected chi connectivity index (χ2v) is 5.78. The number of hydrogen-bond donors (Lipinski definition) is 0. The van der Waals surface area contributed by atoms with Crippen LogP contribution in [0.5, 0.6) is 0 Å². The van der Waals surface area contributed by atoms with Gasteiger partial charge in [0, 0.05) is 13.1 Å². The van der Waals surface area contributed by atoms with Crippen LogP contribution in [0.1, 0.15) is 23.0 Å². The predicted molar refractivity (Wildman–Crippen MR) is 70.2 cm³/mol. The number of nitrogens with zero attached hydrogens (tertiary/aromatic N) is 1. The number of amides is 1. The van der Waals surface area contributed by atoms with Crippen LogP contribution in [0.4, 0.5) is 0 Å². The molecule has 1 heterocycles. The molecule has 0 saturated carbocycles. The molecule has 0 aliphatic heterocycles. The van der Waals surface area contributed by atoms with E-state index in [0.717, 1.165) is 3.79 Å².